The number of halogens is 1. The van der Waals surface area contributed by atoms with Crippen molar-refractivity contribution < 1.29 is 9.13 Å². The summed E-state index contributed by atoms with van der Waals surface area (Å²) in [6.07, 6.45) is 0. The van der Waals surface area contributed by atoms with E-state index in [1.54, 1.807) is 12.1 Å². The molecule has 2 N–H and O–H groups in total. The highest BCUT2D eigenvalue weighted by atomic mass is 19.1. The van der Waals surface area contributed by atoms with E-state index >= 15 is 0 Å². The first-order valence-corrected chi connectivity index (χ1v) is 5.85. The maximum Gasteiger partial charge on any atom is 0.123 e. The Morgan fingerprint density at radius 3 is 2.56 bits per heavy atom. The van der Waals surface area contributed by atoms with Gasteiger partial charge in [0.2, 0.25) is 0 Å². The fourth-order valence-corrected chi connectivity index (χ4v) is 1.65. The van der Waals surface area contributed by atoms with Crippen molar-refractivity contribution in [2.45, 2.75) is 13.0 Å². The topological polar surface area (TPSA) is 35.2 Å². The van der Waals surface area contributed by atoms with Crippen molar-refractivity contribution in [3.8, 4) is 5.75 Å². The molecule has 0 saturated carbocycles. The van der Waals surface area contributed by atoms with E-state index in [1.165, 1.54) is 17.7 Å². The molecular formula is C15H16FNO. The van der Waals surface area contributed by atoms with E-state index < -0.39 is 0 Å². The highest BCUT2D eigenvalue weighted by Crippen LogP contribution is 2.16. The van der Waals surface area contributed by atoms with Crippen molar-refractivity contribution in [1.29, 1.82) is 0 Å². The van der Waals surface area contributed by atoms with Crippen LogP contribution in [0.3, 0.4) is 0 Å². The Bertz CT molecular complexity index is 510. The van der Waals surface area contributed by atoms with Crippen LogP contribution in [0.1, 0.15) is 17.2 Å². The normalized spacial score (nSPS) is 12.2. The van der Waals surface area contributed by atoms with E-state index in [1.807, 2.05) is 31.2 Å². The fourth-order valence-electron chi connectivity index (χ4n) is 1.65. The maximum atomic E-state index is 13.0. The molecule has 0 heterocycles. The molecule has 0 saturated heterocycles. The van der Waals surface area contributed by atoms with Crippen molar-refractivity contribution in [2.24, 2.45) is 5.73 Å². The largest absolute Gasteiger partial charge is 0.492 e. The van der Waals surface area contributed by atoms with Gasteiger partial charge in [0.25, 0.3) is 0 Å². The molecule has 0 spiro atoms. The van der Waals surface area contributed by atoms with Crippen LogP contribution in [0.25, 0.3) is 0 Å². The Kier molecular flexibility index (Phi) is 3.95. The predicted molar refractivity (Wildman–Crippen MR) is 70.0 cm³/mol. The van der Waals surface area contributed by atoms with Gasteiger partial charge < -0.3 is 10.5 Å². The van der Waals surface area contributed by atoms with E-state index in [-0.39, 0.29) is 11.9 Å². The zero-order valence-electron chi connectivity index (χ0n) is 10.3. The van der Waals surface area contributed by atoms with Crippen molar-refractivity contribution in [3.63, 3.8) is 0 Å². The average molecular weight is 245 g/mol. The lowest BCUT2D eigenvalue weighted by Crippen LogP contribution is -2.19. The second-order valence-electron chi connectivity index (χ2n) is 4.29. The molecule has 2 rings (SSSR count). The Labute approximate surface area is 106 Å². The summed E-state index contributed by atoms with van der Waals surface area (Å²) < 4.78 is 18.6. The molecule has 2 aromatic carbocycles. The molecule has 1 unspecified atom stereocenters. The molecular weight excluding hydrogens is 229 g/mol. The van der Waals surface area contributed by atoms with Crippen LogP contribution in [0.5, 0.6) is 5.75 Å². The molecule has 3 heteroatoms. The van der Waals surface area contributed by atoms with Gasteiger partial charge in [-0.15, -0.1) is 0 Å². The van der Waals surface area contributed by atoms with Gasteiger partial charge in [0.05, 0.1) is 6.04 Å². The molecule has 2 aromatic rings. The SMILES string of the molecule is Cc1ccc(OCC(N)c2cccc(F)c2)cc1. The Morgan fingerprint density at radius 1 is 1.17 bits per heavy atom. The number of aryl methyl sites for hydroxylation is 1. The quantitative estimate of drug-likeness (QED) is 0.897. The van der Waals surface area contributed by atoms with Gasteiger partial charge in [-0.05, 0) is 36.8 Å². The van der Waals surface area contributed by atoms with E-state index in [0.29, 0.717) is 6.61 Å². The summed E-state index contributed by atoms with van der Waals surface area (Å²) in [7, 11) is 0. The minimum absolute atomic E-state index is 0.279. The molecule has 18 heavy (non-hydrogen) atoms. The maximum absolute atomic E-state index is 13.0. The second-order valence-corrected chi connectivity index (χ2v) is 4.29. The van der Waals surface area contributed by atoms with Crippen LogP contribution >= 0.6 is 0 Å². The number of rotatable bonds is 4. The number of benzene rings is 2. The summed E-state index contributed by atoms with van der Waals surface area (Å²) in [5, 5.41) is 0. The Morgan fingerprint density at radius 2 is 1.89 bits per heavy atom. The molecule has 0 fully saturated rings. The minimum atomic E-state index is -0.331. The fraction of sp³-hybridized carbons (Fsp3) is 0.200. The summed E-state index contributed by atoms with van der Waals surface area (Å²) >= 11 is 0. The first-order valence-electron chi connectivity index (χ1n) is 5.85. The van der Waals surface area contributed by atoms with E-state index in [9.17, 15) is 4.39 Å². The molecule has 0 aliphatic heterocycles. The molecule has 2 nitrogen and oxygen atoms in total. The molecule has 0 radical (unpaired) electrons. The zero-order chi connectivity index (χ0) is 13.0. The number of ether oxygens (including phenoxy) is 1. The standard InChI is InChI=1S/C15H16FNO/c1-11-5-7-14(8-6-11)18-10-15(17)12-3-2-4-13(16)9-12/h2-9,15H,10,17H2,1H3. The summed E-state index contributed by atoms with van der Waals surface area (Å²) in [4.78, 5) is 0. The lowest BCUT2D eigenvalue weighted by Gasteiger charge is -2.13. The van der Waals surface area contributed by atoms with Crippen molar-refractivity contribution in [2.75, 3.05) is 6.61 Å². The molecule has 0 aliphatic carbocycles. The second kappa shape index (κ2) is 5.65. The molecule has 94 valence electrons. The Hall–Kier alpha value is -1.87. The first kappa shape index (κ1) is 12.6. The molecule has 0 aliphatic rings. The monoisotopic (exact) mass is 245 g/mol. The lowest BCUT2D eigenvalue weighted by molar-refractivity contribution is 0.290. The van der Waals surface area contributed by atoms with Gasteiger partial charge in [0.1, 0.15) is 18.2 Å². The van der Waals surface area contributed by atoms with Crippen molar-refractivity contribution in [1.82, 2.24) is 0 Å². The summed E-state index contributed by atoms with van der Waals surface area (Å²) in [5.74, 6) is 0.491. The average Bonchev–Trinajstić information content (AvgIpc) is 2.38. The Balaban J connectivity index is 1.96. The molecule has 0 bridgehead atoms. The minimum Gasteiger partial charge on any atom is -0.492 e. The molecule has 0 amide bonds. The smallest absolute Gasteiger partial charge is 0.123 e. The summed E-state index contributed by atoms with van der Waals surface area (Å²) in [6, 6.07) is 13.7. The van der Waals surface area contributed by atoms with Gasteiger partial charge in [0, 0.05) is 0 Å². The number of nitrogens with two attached hydrogens (primary N) is 1. The predicted octanol–water partition coefficient (Wildman–Crippen LogP) is 3.21. The summed E-state index contributed by atoms with van der Waals surface area (Å²) in [6.45, 7) is 2.34. The third-order valence-corrected chi connectivity index (χ3v) is 2.73. The lowest BCUT2D eigenvalue weighted by atomic mass is 10.1. The zero-order valence-corrected chi connectivity index (χ0v) is 10.3. The van der Waals surface area contributed by atoms with E-state index in [4.69, 9.17) is 10.5 Å². The van der Waals surface area contributed by atoms with Crippen LogP contribution in [0, 0.1) is 12.7 Å². The van der Waals surface area contributed by atoms with Crippen LogP contribution in [0.15, 0.2) is 48.5 Å². The highest BCUT2D eigenvalue weighted by molar-refractivity contribution is 5.26. The van der Waals surface area contributed by atoms with Crippen LogP contribution in [-0.2, 0) is 0 Å². The van der Waals surface area contributed by atoms with E-state index in [0.717, 1.165) is 11.3 Å². The number of hydrogen-bond donors (Lipinski definition) is 1. The summed E-state index contributed by atoms with van der Waals surface area (Å²) in [5.41, 5.74) is 7.87. The van der Waals surface area contributed by atoms with Gasteiger partial charge in [-0.3, -0.25) is 0 Å². The van der Waals surface area contributed by atoms with Crippen molar-refractivity contribution in [3.05, 3.63) is 65.5 Å². The molecule has 0 aromatic heterocycles. The molecule has 1 atom stereocenters. The van der Waals surface area contributed by atoms with Gasteiger partial charge in [-0.1, -0.05) is 29.8 Å². The van der Waals surface area contributed by atoms with E-state index in [2.05, 4.69) is 0 Å². The van der Waals surface area contributed by atoms with Crippen LogP contribution in [0.4, 0.5) is 4.39 Å². The third-order valence-electron chi connectivity index (χ3n) is 2.73. The number of hydrogen-bond acceptors (Lipinski definition) is 2. The van der Waals surface area contributed by atoms with Crippen LogP contribution in [-0.4, -0.2) is 6.61 Å². The van der Waals surface area contributed by atoms with Gasteiger partial charge in [-0.25, -0.2) is 4.39 Å². The van der Waals surface area contributed by atoms with Crippen LogP contribution < -0.4 is 10.5 Å². The van der Waals surface area contributed by atoms with Gasteiger partial charge in [0.15, 0.2) is 0 Å². The van der Waals surface area contributed by atoms with Gasteiger partial charge in [-0.2, -0.15) is 0 Å². The third kappa shape index (κ3) is 3.31. The van der Waals surface area contributed by atoms with Crippen LogP contribution in [0.2, 0.25) is 0 Å². The highest BCUT2D eigenvalue weighted by Gasteiger charge is 2.07. The van der Waals surface area contributed by atoms with Crippen molar-refractivity contribution >= 4 is 0 Å². The first-order chi connectivity index (χ1) is 8.65. The van der Waals surface area contributed by atoms with Gasteiger partial charge >= 0.3 is 0 Å².